The van der Waals surface area contributed by atoms with Crippen LogP contribution < -0.4 is 15.4 Å². The first kappa shape index (κ1) is 23.5. The molecule has 0 unspecified atom stereocenters. The first-order valence-corrected chi connectivity index (χ1v) is 9.55. The Morgan fingerprint density at radius 1 is 1.06 bits per heavy atom. The molecule has 33 heavy (non-hydrogen) atoms. The number of benzene rings is 2. The number of hydrogen-bond acceptors (Lipinski definition) is 5. The molecule has 2 N–H and O–H groups in total. The maximum atomic E-state index is 13.8. The zero-order chi connectivity index (χ0) is 24.3. The predicted molar refractivity (Wildman–Crippen MR) is 114 cm³/mol. The number of ether oxygens (including phenoxy) is 1. The molecule has 170 valence electrons. The van der Waals surface area contributed by atoms with Gasteiger partial charge in [-0.3, -0.25) is 4.79 Å². The molecule has 0 saturated heterocycles. The van der Waals surface area contributed by atoms with Crippen LogP contribution in [0.4, 0.5) is 34.6 Å². The van der Waals surface area contributed by atoms with Crippen molar-refractivity contribution < 1.29 is 27.1 Å². The van der Waals surface area contributed by atoms with Crippen molar-refractivity contribution in [2.75, 3.05) is 17.7 Å². The molecule has 0 atom stereocenters. The largest absolute Gasteiger partial charge is 0.481 e. The summed E-state index contributed by atoms with van der Waals surface area (Å²) in [5.41, 5.74) is -0.288. The van der Waals surface area contributed by atoms with Crippen LogP contribution in [-0.2, 0) is 6.18 Å². The van der Waals surface area contributed by atoms with Crippen molar-refractivity contribution in [3.63, 3.8) is 0 Å². The normalized spacial score (nSPS) is 11.0. The zero-order valence-corrected chi connectivity index (χ0v) is 17.8. The number of alkyl halides is 3. The molecule has 0 aliphatic heterocycles. The Labute approximate surface area is 186 Å². The summed E-state index contributed by atoms with van der Waals surface area (Å²) in [6.45, 7) is 3.09. The van der Waals surface area contributed by atoms with Crippen LogP contribution in [0.1, 0.15) is 32.7 Å². The third-order valence-corrected chi connectivity index (χ3v) is 4.90. The Kier molecular flexibility index (Phi) is 6.53. The van der Waals surface area contributed by atoms with Crippen molar-refractivity contribution in [3.05, 3.63) is 76.2 Å². The second-order valence-electron chi connectivity index (χ2n) is 7.03. The first-order valence-electron chi connectivity index (χ1n) is 9.55. The van der Waals surface area contributed by atoms with E-state index in [4.69, 9.17) is 10.00 Å². The molecule has 3 rings (SSSR count). The predicted octanol–water partition coefficient (Wildman–Crippen LogP) is 5.73. The maximum absolute atomic E-state index is 13.8. The number of nitriles is 1. The molecule has 2 aromatic carbocycles. The molecule has 0 radical (unpaired) electrons. The van der Waals surface area contributed by atoms with Crippen LogP contribution in [0, 0.1) is 31.0 Å². The summed E-state index contributed by atoms with van der Waals surface area (Å²) >= 11 is 0. The highest BCUT2D eigenvalue weighted by molar-refractivity contribution is 6.09. The Balaban J connectivity index is 2.04. The summed E-state index contributed by atoms with van der Waals surface area (Å²) in [6, 6.07) is 9.80. The van der Waals surface area contributed by atoms with Crippen molar-refractivity contribution in [2.45, 2.75) is 20.0 Å². The van der Waals surface area contributed by atoms with E-state index in [0.717, 1.165) is 18.2 Å². The van der Waals surface area contributed by atoms with E-state index in [2.05, 4.69) is 15.6 Å². The van der Waals surface area contributed by atoms with Crippen molar-refractivity contribution in [3.8, 4) is 11.9 Å². The number of hydrogen-bond donors (Lipinski definition) is 2. The number of anilines is 3. The van der Waals surface area contributed by atoms with E-state index < -0.39 is 23.5 Å². The van der Waals surface area contributed by atoms with Gasteiger partial charge >= 0.3 is 6.18 Å². The first-order chi connectivity index (χ1) is 15.5. The van der Waals surface area contributed by atoms with Gasteiger partial charge in [-0.25, -0.2) is 9.37 Å². The summed E-state index contributed by atoms with van der Waals surface area (Å²) < 4.78 is 58.8. The van der Waals surface area contributed by atoms with Crippen LogP contribution in [0.3, 0.4) is 0 Å². The summed E-state index contributed by atoms with van der Waals surface area (Å²) in [5, 5.41) is 14.6. The van der Waals surface area contributed by atoms with Gasteiger partial charge in [0.2, 0.25) is 5.88 Å². The van der Waals surface area contributed by atoms with E-state index in [0.29, 0.717) is 17.6 Å². The van der Waals surface area contributed by atoms with Crippen LogP contribution in [0.25, 0.3) is 0 Å². The molecule has 0 spiro atoms. The standard InChI is InChI=1S/C23H18F4N4O2/c1-12-16(11-28)17(24)5-7-18(12)30-20-6-4-14(23(25,26)27)10-15(20)22(32)31-19-8-9-21(33-3)29-13(19)2/h4-10,30H,1-3H3,(H,31,32). The molecule has 1 heterocycles. The lowest BCUT2D eigenvalue weighted by atomic mass is 10.0. The van der Waals surface area contributed by atoms with E-state index in [1.165, 1.54) is 32.2 Å². The lowest BCUT2D eigenvalue weighted by molar-refractivity contribution is -0.137. The molecule has 0 aliphatic rings. The Bertz CT molecular complexity index is 1270. The zero-order valence-electron chi connectivity index (χ0n) is 17.8. The summed E-state index contributed by atoms with van der Waals surface area (Å²) in [6.07, 6.45) is -4.68. The Morgan fingerprint density at radius 3 is 2.33 bits per heavy atom. The van der Waals surface area contributed by atoms with E-state index in [1.807, 2.05) is 0 Å². The van der Waals surface area contributed by atoms with E-state index in [1.54, 1.807) is 13.0 Å². The third kappa shape index (κ3) is 5.03. The number of carbonyl (C=O) groups is 1. The molecular weight excluding hydrogens is 440 g/mol. The van der Waals surface area contributed by atoms with Gasteiger partial charge < -0.3 is 15.4 Å². The van der Waals surface area contributed by atoms with Crippen molar-refractivity contribution in [1.29, 1.82) is 5.26 Å². The number of halogens is 4. The fourth-order valence-electron chi connectivity index (χ4n) is 3.09. The van der Waals surface area contributed by atoms with Gasteiger partial charge in [0, 0.05) is 11.8 Å². The molecule has 0 aliphatic carbocycles. The van der Waals surface area contributed by atoms with Crippen LogP contribution in [0.15, 0.2) is 42.5 Å². The molecule has 0 saturated carbocycles. The molecule has 1 aromatic heterocycles. The summed E-state index contributed by atoms with van der Waals surface area (Å²) in [4.78, 5) is 17.1. The van der Waals surface area contributed by atoms with Gasteiger partial charge in [-0.05, 0) is 55.8 Å². The summed E-state index contributed by atoms with van der Waals surface area (Å²) in [7, 11) is 1.43. The minimum absolute atomic E-state index is 0.0400. The van der Waals surface area contributed by atoms with Gasteiger partial charge in [0.1, 0.15) is 11.9 Å². The Morgan fingerprint density at radius 2 is 1.73 bits per heavy atom. The maximum Gasteiger partial charge on any atom is 0.416 e. The lowest BCUT2D eigenvalue weighted by Crippen LogP contribution is -2.17. The van der Waals surface area contributed by atoms with Gasteiger partial charge in [-0.15, -0.1) is 0 Å². The second kappa shape index (κ2) is 9.16. The van der Waals surface area contributed by atoms with Gasteiger partial charge in [-0.2, -0.15) is 18.4 Å². The number of nitrogens with zero attached hydrogens (tertiary/aromatic N) is 2. The van der Waals surface area contributed by atoms with Gasteiger partial charge in [0.05, 0.1) is 40.9 Å². The van der Waals surface area contributed by atoms with Crippen LogP contribution in [0.5, 0.6) is 5.88 Å². The van der Waals surface area contributed by atoms with Gasteiger partial charge in [0.15, 0.2) is 0 Å². The minimum Gasteiger partial charge on any atom is -0.481 e. The second-order valence-corrected chi connectivity index (χ2v) is 7.03. The number of rotatable bonds is 5. The molecule has 10 heteroatoms. The number of carbonyl (C=O) groups excluding carboxylic acids is 1. The van der Waals surface area contributed by atoms with Crippen LogP contribution in [0.2, 0.25) is 0 Å². The number of methoxy groups -OCH3 is 1. The quantitative estimate of drug-likeness (QED) is 0.477. The van der Waals surface area contributed by atoms with Gasteiger partial charge in [-0.1, -0.05) is 0 Å². The van der Waals surface area contributed by atoms with Crippen molar-refractivity contribution in [1.82, 2.24) is 4.98 Å². The molecule has 0 bridgehead atoms. The molecule has 3 aromatic rings. The number of aryl methyl sites for hydroxylation is 1. The average Bonchev–Trinajstić information content (AvgIpc) is 2.76. The fraction of sp³-hybridized carbons (Fsp3) is 0.174. The third-order valence-electron chi connectivity index (χ3n) is 4.90. The SMILES string of the molecule is COc1ccc(NC(=O)c2cc(C(F)(F)F)ccc2Nc2ccc(F)c(C#N)c2C)c(C)n1. The number of pyridine rings is 1. The van der Waals surface area contributed by atoms with Crippen molar-refractivity contribution >= 4 is 23.0 Å². The van der Waals surface area contributed by atoms with Gasteiger partial charge in [0.25, 0.3) is 5.91 Å². The molecule has 1 amide bonds. The molecular formula is C23H18F4N4O2. The van der Waals surface area contributed by atoms with Crippen LogP contribution >= 0.6 is 0 Å². The van der Waals surface area contributed by atoms with E-state index in [-0.39, 0.29) is 33.8 Å². The van der Waals surface area contributed by atoms with E-state index >= 15 is 0 Å². The molecule has 0 fully saturated rings. The Hall–Kier alpha value is -4.13. The lowest BCUT2D eigenvalue weighted by Gasteiger charge is -2.17. The summed E-state index contributed by atoms with van der Waals surface area (Å²) in [5.74, 6) is -1.24. The number of nitrogens with one attached hydrogen (secondary N) is 2. The van der Waals surface area contributed by atoms with Crippen molar-refractivity contribution in [2.24, 2.45) is 0 Å². The monoisotopic (exact) mass is 458 g/mol. The number of aromatic nitrogens is 1. The molecule has 6 nitrogen and oxygen atoms in total. The highest BCUT2D eigenvalue weighted by Gasteiger charge is 2.32. The minimum atomic E-state index is -4.68. The average molecular weight is 458 g/mol. The highest BCUT2D eigenvalue weighted by atomic mass is 19.4. The number of amides is 1. The van der Waals surface area contributed by atoms with Crippen LogP contribution in [-0.4, -0.2) is 18.0 Å². The highest BCUT2D eigenvalue weighted by Crippen LogP contribution is 2.34. The smallest absolute Gasteiger partial charge is 0.416 e. The topological polar surface area (TPSA) is 87.0 Å². The fourth-order valence-corrected chi connectivity index (χ4v) is 3.09. The van der Waals surface area contributed by atoms with E-state index in [9.17, 15) is 22.4 Å².